The minimum atomic E-state index is 1.05. The van der Waals surface area contributed by atoms with Crippen LogP contribution in [0.2, 0.25) is 0 Å². The van der Waals surface area contributed by atoms with Gasteiger partial charge in [-0.2, -0.15) is 5.10 Å². The summed E-state index contributed by atoms with van der Waals surface area (Å²) >= 11 is 0. The van der Waals surface area contributed by atoms with Crippen molar-refractivity contribution in [3.63, 3.8) is 0 Å². The van der Waals surface area contributed by atoms with Gasteiger partial charge in [0.2, 0.25) is 0 Å². The lowest BCUT2D eigenvalue weighted by Gasteiger charge is -2.05. The molecule has 58 valence electrons. The van der Waals surface area contributed by atoms with Gasteiger partial charge in [0, 0.05) is 12.8 Å². The molecule has 0 radical (unpaired) electrons. The monoisotopic (exact) mass is 149 g/mol. The molecule has 0 atom stereocenters. The lowest BCUT2D eigenvalue weighted by atomic mass is 10.1. The van der Waals surface area contributed by atoms with Crippen molar-refractivity contribution in [3.05, 3.63) is 11.9 Å². The minimum absolute atomic E-state index is 1.05. The molecule has 1 aromatic heterocycles. The molecule has 0 spiro atoms. The maximum Gasteiger partial charge on any atom is 0.104 e. The van der Waals surface area contributed by atoms with Gasteiger partial charge < -0.3 is 0 Å². The van der Waals surface area contributed by atoms with Crippen LogP contribution in [0.4, 0.5) is 5.69 Å². The first-order valence-electron chi connectivity index (χ1n) is 3.82. The molecule has 0 aliphatic carbocycles. The number of aliphatic imine (C=N–C) groups is 1. The quantitative estimate of drug-likeness (QED) is 0.549. The topological polar surface area (TPSA) is 30.2 Å². The predicted octanol–water partition coefficient (Wildman–Crippen LogP) is 1.46. The van der Waals surface area contributed by atoms with Crippen LogP contribution in [-0.4, -0.2) is 15.5 Å². The van der Waals surface area contributed by atoms with Crippen LogP contribution in [0.25, 0.3) is 0 Å². The van der Waals surface area contributed by atoms with Gasteiger partial charge in [0.25, 0.3) is 0 Å². The third kappa shape index (κ3) is 1.06. The van der Waals surface area contributed by atoms with E-state index in [-0.39, 0.29) is 0 Å². The van der Waals surface area contributed by atoms with E-state index < -0.39 is 0 Å². The van der Waals surface area contributed by atoms with Crippen LogP contribution in [-0.2, 0) is 13.5 Å². The highest BCUT2D eigenvalue weighted by molar-refractivity contribution is 5.86. The van der Waals surface area contributed by atoms with Gasteiger partial charge in [-0.3, -0.25) is 9.67 Å². The van der Waals surface area contributed by atoms with Crippen LogP contribution in [0.1, 0.15) is 19.0 Å². The van der Waals surface area contributed by atoms with Crippen LogP contribution < -0.4 is 0 Å². The zero-order chi connectivity index (χ0) is 7.84. The van der Waals surface area contributed by atoms with Gasteiger partial charge >= 0.3 is 0 Å². The van der Waals surface area contributed by atoms with Crippen LogP contribution in [0.15, 0.2) is 11.2 Å². The molecule has 3 nitrogen and oxygen atoms in total. The molecule has 0 N–H and O–H groups in total. The van der Waals surface area contributed by atoms with Crippen molar-refractivity contribution < 1.29 is 0 Å². The second kappa shape index (κ2) is 2.19. The van der Waals surface area contributed by atoms with Gasteiger partial charge in [-0.15, -0.1) is 0 Å². The predicted molar refractivity (Wildman–Crippen MR) is 44.3 cm³/mol. The number of hydrogen-bond donors (Lipinski definition) is 0. The van der Waals surface area contributed by atoms with Crippen molar-refractivity contribution in [2.75, 3.05) is 0 Å². The molecule has 0 unspecified atom stereocenters. The largest absolute Gasteiger partial charge is 0.273 e. The van der Waals surface area contributed by atoms with E-state index in [4.69, 9.17) is 0 Å². The summed E-state index contributed by atoms with van der Waals surface area (Å²) < 4.78 is 1.83. The summed E-state index contributed by atoms with van der Waals surface area (Å²) in [4.78, 5) is 4.40. The summed E-state index contributed by atoms with van der Waals surface area (Å²) in [5, 5.41) is 4.30. The van der Waals surface area contributed by atoms with Crippen molar-refractivity contribution in [2.45, 2.75) is 19.8 Å². The molecular weight excluding hydrogens is 138 g/mol. The van der Waals surface area contributed by atoms with E-state index in [9.17, 15) is 0 Å². The molecular formula is C8H11N3. The zero-order valence-electron chi connectivity index (χ0n) is 6.83. The van der Waals surface area contributed by atoms with Crippen molar-refractivity contribution in [1.82, 2.24) is 9.78 Å². The number of fused-ring (bicyclic) bond motifs is 1. The van der Waals surface area contributed by atoms with E-state index in [1.165, 1.54) is 5.71 Å². The Balaban J connectivity index is 2.50. The molecule has 3 heteroatoms. The first kappa shape index (κ1) is 6.58. The Labute approximate surface area is 65.8 Å². The van der Waals surface area contributed by atoms with Crippen LogP contribution in [0.5, 0.6) is 0 Å². The standard InChI is InChI=1S/C8H11N3/c1-6-3-4-7-8(9-6)5-11(2)10-7/h5H,3-4H2,1-2H3. The fourth-order valence-electron chi connectivity index (χ4n) is 1.35. The van der Waals surface area contributed by atoms with Gasteiger partial charge in [-0.25, -0.2) is 0 Å². The van der Waals surface area contributed by atoms with Gasteiger partial charge in [0.05, 0.1) is 11.9 Å². The molecule has 0 aromatic carbocycles. The Bertz CT molecular complexity index is 309. The second-order valence-electron chi connectivity index (χ2n) is 2.98. The normalized spacial score (nSPS) is 16.0. The Morgan fingerprint density at radius 2 is 2.27 bits per heavy atom. The number of aryl methyl sites for hydroxylation is 2. The van der Waals surface area contributed by atoms with E-state index in [0.29, 0.717) is 0 Å². The molecule has 2 heterocycles. The number of rotatable bonds is 0. The highest BCUT2D eigenvalue weighted by Crippen LogP contribution is 2.23. The maximum atomic E-state index is 4.40. The smallest absolute Gasteiger partial charge is 0.104 e. The fourth-order valence-corrected chi connectivity index (χ4v) is 1.35. The SMILES string of the molecule is CC1=Nc2cn(C)nc2CC1. The number of hydrogen-bond acceptors (Lipinski definition) is 2. The van der Waals surface area contributed by atoms with Crippen molar-refractivity contribution >= 4 is 11.4 Å². The van der Waals surface area contributed by atoms with Crippen molar-refractivity contribution in [1.29, 1.82) is 0 Å². The van der Waals surface area contributed by atoms with Gasteiger partial charge in [0.15, 0.2) is 0 Å². The molecule has 0 amide bonds. The molecule has 0 saturated carbocycles. The summed E-state index contributed by atoms with van der Waals surface area (Å²) in [7, 11) is 1.93. The Kier molecular flexibility index (Phi) is 1.31. The third-order valence-corrected chi connectivity index (χ3v) is 1.92. The first-order chi connectivity index (χ1) is 5.25. The first-order valence-corrected chi connectivity index (χ1v) is 3.82. The van der Waals surface area contributed by atoms with E-state index in [1.807, 2.05) is 17.9 Å². The lowest BCUT2D eigenvalue weighted by Crippen LogP contribution is -2.00. The van der Waals surface area contributed by atoms with E-state index in [0.717, 1.165) is 24.2 Å². The number of nitrogens with zero attached hydrogens (tertiary/aromatic N) is 3. The summed E-state index contributed by atoms with van der Waals surface area (Å²) in [6.07, 6.45) is 4.08. The maximum absolute atomic E-state index is 4.40. The van der Waals surface area contributed by atoms with Gasteiger partial charge in [-0.1, -0.05) is 0 Å². The average molecular weight is 149 g/mol. The van der Waals surface area contributed by atoms with E-state index in [1.54, 1.807) is 0 Å². The highest BCUT2D eigenvalue weighted by Gasteiger charge is 2.11. The zero-order valence-corrected chi connectivity index (χ0v) is 6.83. The molecule has 0 bridgehead atoms. The molecule has 0 saturated heterocycles. The van der Waals surface area contributed by atoms with Crippen molar-refractivity contribution in [2.24, 2.45) is 12.0 Å². The molecule has 1 aliphatic heterocycles. The minimum Gasteiger partial charge on any atom is -0.273 e. The molecule has 1 aliphatic rings. The van der Waals surface area contributed by atoms with Crippen LogP contribution in [0, 0.1) is 0 Å². The Hall–Kier alpha value is -1.12. The summed E-state index contributed by atoms with van der Waals surface area (Å²) in [5.41, 5.74) is 3.40. The molecule has 11 heavy (non-hydrogen) atoms. The molecule has 0 fully saturated rings. The summed E-state index contributed by atoms with van der Waals surface area (Å²) in [6, 6.07) is 0. The molecule has 2 rings (SSSR count). The summed E-state index contributed by atoms with van der Waals surface area (Å²) in [5.74, 6) is 0. The molecule has 1 aromatic rings. The summed E-state index contributed by atoms with van der Waals surface area (Å²) in [6.45, 7) is 2.07. The third-order valence-electron chi connectivity index (χ3n) is 1.92. The highest BCUT2D eigenvalue weighted by atomic mass is 15.3. The average Bonchev–Trinajstić information content (AvgIpc) is 2.27. The number of aromatic nitrogens is 2. The fraction of sp³-hybridized carbons (Fsp3) is 0.500. The van der Waals surface area contributed by atoms with Crippen LogP contribution in [0.3, 0.4) is 0 Å². The van der Waals surface area contributed by atoms with Crippen LogP contribution >= 0.6 is 0 Å². The van der Waals surface area contributed by atoms with Gasteiger partial charge in [0.1, 0.15) is 5.69 Å². The van der Waals surface area contributed by atoms with Gasteiger partial charge in [-0.05, 0) is 19.8 Å². The Morgan fingerprint density at radius 1 is 1.45 bits per heavy atom. The van der Waals surface area contributed by atoms with Crippen molar-refractivity contribution in [3.8, 4) is 0 Å². The Morgan fingerprint density at radius 3 is 3.09 bits per heavy atom. The lowest BCUT2D eigenvalue weighted by molar-refractivity contribution is 0.741. The van der Waals surface area contributed by atoms with E-state index >= 15 is 0 Å². The second-order valence-corrected chi connectivity index (χ2v) is 2.98. The van der Waals surface area contributed by atoms with E-state index in [2.05, 4.69) is 17.0 Å².